The lowest BCUT2D eigenvalue weighted by Crippen LogP contribution is -2.56. The van der Waals surface area contributed by atoms with E-state index in [0.29, 0.717) is 35.2 Å². The number of Topliss-reactive ketones (excluding diaryl/α,β-unsaturated/α-hetero) is 2. The molecule has 0 aromatic rings. The van der Waals surface area contributed by atoms with Crippen molar-refractivity contribution in [3.63, 3.8) is 0 Å². The molecule has 0 saturated heterocycles. The van der Waals surface area contributed by atoms with Crippen LogP contribution in [0.15, 0.2) is 0 Å². The van der Waals surface area contributed by atoms with Crippen molar-refractivity contribution in [1.82, 2.24) is 0 Å². The second kappa shape index (κ2) is 4.43. The molecule has 0 heterocycles. The molecule has 0 aromatic carbocycles. The molecule has 6 atom stereocenters. The Labute approximate surface area is 128 Å². The molecule has 0 N–H and O–H groups in total. The Morgan fingerprint density at radius 2 is 1.86 bits per heavy atom. The second-order valence-corrected chi connectivity index (χ2v) is 8.96. The molecule has 116 valence electrons. The largest absolute Gasteiger partial charge is 0.300 e. The lowest BCUT2D eigenvalue weighted by atomic mass is 9.45. The third kappa shape index (κ3) is 1.83. The van der Waals surface area contributed by atoms with E-state index < -0.39 is 0 Å². The van der Waals surface area contributed by atoms with E-state index in [0.717, 1.165) is 25.2 Å². The maximum Gasteiger partial charge on any atom is 0.137 e. The van der Waals surface area contributed by atoms with Gasteiger partial charge in [0.15, 0.2) is 0 Å². The van der Waals surface area contributed by atoms with Crippen LogP contribution in [0.4, 0.5) is 0 Å². The first kappa shape index (κ1) is 14.0. The van der Waals surface area contributed by atoms with E-state index in [-0.39, 0.29) is 11.3 Å². The minimum atomic E-state index is 0.123. The molecule has 0 unspecified atom stereocenters. The molecule has 0 aromatic heterocycles. The summed E-state index contributed by atoms with van der Waals surface area (Å²) >= 11 is 0. The van der Waals surface area contributed by atoms with Crippen molar-refractivity contribution < 1.29 is 9.59 Å². The van der Waals surface area contributed by atoms with Crippen molar-refractivity contribution in [3.8, 4) is 0 Å². The van der Waals surface area contributed by atoms with Crippen molar-refractivity contribution in [1.29, 1.82) is 0 Å². The number of carbonyl (C=O) groups excluding carboxylic acids is 2. The van der Waals surface area contributed by atoms with Gasteiger partial charge < -0.3 is 0 Å². The van der Waals surface area contributed by atoms with Crippen LogP contribution in [-0.4, -0.2) is 11.6 Å². The van der Waals surface area contributed by atoms with Crippen LogP contribution in [-0.2, 0) is 9.59 Å². The van der Waals surface area contributed by atoms with Crippen LogP contribution in [0.1, 0.15) is 71.6 Å². The summed E-state index contributed by atoms with van der Waals surface area (Å²) in [6.45, 7) is 4.72. The highest BCUT2D eigenvalue weighted by Gasteiger charge is 2.60. The molecule has 4 fully saturated rings. The Hall–Kier alpha value is -0.660. The highest BCUT2D eigenvalue weighted by atomic mass is 16.1. The van der Waals surface area contributed by atoms with Gasteiger partial charge in [-0.15, -0.1) is 0 Å². The average Bonchev–Trinajstić information content (AvgIpc) is 2.80. The lowest BCUT2D eigenvalue weighted by molar-refractivity contribution is -0.158. The number of fused-ring (bicyclic) bond motifs is 5. The van der Waals surface area contributed by atoms with Gasteiger partial charge in [0.2, 0.25) is 0 Å². The zero-order valence-electron chi connectivity index (χ0n) is 13.5. The summed E-state index contributed by atoms with van der Waals surface area (Å²) in [7, 11) is 0. The Morgan fingerprint density at radius 3 is 2.67 bits per heavy atom. The molecule has 4 aliphatic rings. The molecule has 21 heavy (non-hydrogen) atoms. The summed E-state index contributed by atoms with van der Waals surface area (Å²) in [4.78, 5) is 24.9. The quantitative estimate of drug-likeness (QED) is 0.670. The zero-order valence-corrected chi connectivity index (χ0v) is 13.5. The van der Waals surface area contributed by atoms with Crippen LogP contribution in [0.5, 0.6) is 0 Å². The van der Waals surface area contributed by atoms with E-state index in [1.807, 2.05) is 0 Å². The van der Waals surface area contributed by atoms with Crippen LogP contribution >= 0.6 is 0 Å². The molecule has 4 saturated carbocycles. The monoisotopic (exact) mass is 288 g/mol. The summed E-state index contributed by atoms with van der Waals surface area (Å²) in [5.41, 5.74) is 0.420. The van der Waals surface area contributed by atoms with Crippen molar-refractivity contribution in [3.05, 3.63) is 0 Å². The van der Waals surface area contributed by atoms with Crippen LogP contribution in [0, 0.1) is 34.5 Å². The standard InChI is InChI=1S/C19H28O2/c1-18-8-3-4-15(18)14-6-5-12-10-13(20)7-9-19(12,2)17(14)16(21)11-18/h12,14-15,17H,3-11H2,1-2H3/t12-,14+,15+,17-,18-,19-/m0/s1. The molecule has 4 rings (SSSR count). The van der Waals surface area contributed by atoms with Gasteiger partial charge in [0, 0.05) is 25.2 Å². The fourth-order valence-electron chi connectivity index (χ4n) is 6.87. The second-order valence-electron chi connectivity index (χ2n) is 8.96. The van der Waals surface area contributed by atoms with Gasteiger partial charge in [-0.2, -0.15) is 0 Å². The minimum absolute atomic E-state index is 0.123. The molecule has 4 aliphatic carbocycles. The molecular weight excluding hydrogens is 260 g/mol. The van der Waals surface area contributed by atoms with Crippen molar-refractivity contribution in [2.45, 2.75) is 71.6 Å². The predicted octanol–water partition coefficient (Wildman–Crippen LogP) is 4.17. The third-order valence-electron chi connectivity index (χ3n) is 7.94. The van der Waals surface area contributed by atoms with Crippen molar-refractivity contribution >= 4 is 11.6 Å². The average molecular weight is 288 g/mol. The number of hydrogen-bond acceptors (Lipinski definition) is 2. The number of carbonyl (C=O) groups is 2. The first-order valence-electron chi connectivity index (χ1n) is 8.98. The summed E-state index contributed by atoms with van der Waals surface area (Å²) in [6.07, 6.45) is 9.53. The minimum Gasteiger partial charge on any atom is -0.300 e. The van der Waals surface area contributed by atoms with Crippen molar-refractivity contribution in [2.75, 3.05) is 0 Å². The van der Waals surface area contributed by atoms with Gasteiger partial charge in [0.25, 0.3) is 0 Å². The van der Waals surface area contributed by atoms with Gasteiger partial charge in [-0.05, 0) is 60.7 Å². The Bertz CT molecular complexity index is 496. The van der Waals surface area contributed by atoms with Gasteiger partial charge in [-0.3, -0.25) is 9.59 Å². The lowest BCUT2D eigenvalue weighted by Gasteiger charge is -2.58. The molecule has 2 nitrogen and oxygen atoms in total. The molecule has 0 spiro atoms. The fourth-order valence-corrected chi connectivity index (χ4v) is 6.87. The maximum absolute atomic E-state index is 13.0. The van der Waals surface area contributed by atoms with Gasteiger partial charge >= 0.3 is 0 Å². The van der Waals surface area contributed by atoms with Crippen molar-refractivity contribution in [2.24, 2.45) is 34.5 Å². The van der Waals surface area contributed by atoms with Crippen LogP contribution in [0.3, 0.4) is 0 Å². The normalized spacial score (nSPS) is 53.0. The molecule has 0 amide bonds. The van der Waals surface area contributed by atoms with Gasteiger partial charge in [-0.1, -0.05) is 20.3 Å². The van der Waals surface area contributed by atoms with E-state index in [2.05, 4.69) is 13.8 Å². The Morgan fingerprint density at radius 1 is 1.05 bits per heavy atom. The molecule has 0 radical (unpaired) electrons. The number of hydrogen-bond donors (Lipinski definition) is 0. The van der Waals surface area contributed by atoms with Crippen LogP contribution < -0.4 is 0 Å². The highest BCUT2D eigenvalue weighted by Crippen LogP contribution is 2.64. The highest BCUT2D eigenvalue weighted by molar-refractivity contribution is 5.85. The first-order valence-corrected chi connectivity index (χ1v) is 8.98. The Kier molecular flexibility index (Phi) is 2.94. The molecule has 2 heteroatoms. The van der Waals surface area contributed by atoms with Gasteiger partial charge in [-0.25, -0.2) is 0 Å². The summed E-state index contributed by atoms with van der Waals surface area (Å²) in [5.74, 6) is 3.12. The van der Waals surface area contributed by atoms with Crippen LogP contribution in [0.25, 0.3) is 0 Å². The van der Waals surface area contributed by atoms with E-state index in [9.17, 15) is 9.59 Å². The summed E-state index contributed by atoms with van der Waals surface area (Å²) in [5, 5.41) is 0. The molecular formula is C19H28O2. The first-order chi connectivity index (χ1) is 9.94. The molecule has 0 aliphatic heterocycles. The number of ketones is 2. The fraction of sp³-hybridized carbons (Fsp3) is 0.895. The summed E-state index contributed by atoms with van der Waals surface area (Å²) in [6, 6.07) is 0. The van der Waals surface area contributed by atoms with Gasteiger partial charge in [0.1, 0.15) is 11.6 Å². The predicted molar refractivity (Wildman–Crippen MR) is 81.7 cm³/mol. The van der Waals surface area contributed by atoms with Crippen LogP contribution in [0.2, 0.25) is 0 Å². The number of rotatable bonds is 0. The van der Waals surface area contributed by atoms with E-state index in [4.69, 9.17) is 0 Å². The zero-order chi connectivity index (χ0) is 14.8. The SMILES string of the molecule is C[C@@]12CCC[C@@H]1[C@H]1CC[C@H]3CC(=O)CC[C@]3(C)[C@@H]1C(=O)C2. The third-order valence-corrected chi connectivity index (χ3v) is 7.94. The summed E-state index contributed by atoms with van der Waals surface area (Å²) < 4.78 is 0. The van der Waals surface area contributed by atoms with E-state index >= 15 is 0 Å². The van der Waals surface area contributed by atoms with E-state index in [1.54, 1.807) is 0 Å². The Balaban J connectivity index is 1.70. The topological polar surface area (TPSA) is 34.1 Å². The molecule has 0 bridgehead atoms. The van der Waals surface area contributed by atoms with E-state index in [1.165, 1.54) is 32.1 Å². The van der Waals surface area contributed by atoms with Gasteiger partial charge in [0.05, 0.1) is 0 Å². The smallest absolute Gasteiger partial charge is 0.137 e. The maximum atomic E-state index is 13.0.